The topological polar surface area (TPSA) is 40.6 Å². The Labute approximate surface area is 118 Å². The van der Waals surface area contributed by atoms with Crippen LogP contribution >= 0.6 is 0 Å². The lowest BCUT2D eigenvalue weighted by atomic mass is 10.5. The van der Waals surface area contributed by atoms with E-state index in [1.54, 1.807) is 12.4 Å². The highest BCUT2D eigenvalue weighted by Gasteiger charge is 1.94. The Hall–Kier alpha value is -0.970. The summed E-state index contributed by atoms with van der Waals surface area (Å²) in [7, 11) is 0. The number of aromatic nitrogens is 1. The molecule has 0 spiro atoms. The minimum atomic E-state index is -0.0370. The van der Waals surface area contributed by atoms with E-state index in [9.17, 15) is 0 Å². The van der Waals surface area contributed by atoms with Crippen molar-refractivity contribution in [3.63, 3.8) is 0 Å². The fraction of sp³-hybridized carbons (Fsp3) is 0.667. The van der Waals surface area contributed by atoms with E-state index in [-0.39, 0.29) is 6.29 Å². The summed E-state index contributed by atoms with van der Waals surface area (Å²) in [5, 5.41) is 0. The molecule has 0 aromatic carbocycles. The molecule has 0 aliphatic rings. The van der Waals surface area contributed by atoms with Gasteiger partial charge in [-0.3, -0.25) is 4.98 Å². The Kier molecular flexibility index (Phi) is 20.7. The lowest BCUT2D eigenvalue weighted by molar-refractivity contribution is -0.123. The largest absolute Gasteiger partial charge is 0.382 e. The molecule has 0 aliphatic carbocycles. The first kappa shape index (κ1) is 20.3. The molecule has 0 saturated heterocycles. The van der Waals surface area contributed by atoms with E-state index in [4.69, 9.17) is 14.2 Å². The van der Waals surface area contributed by atoms with Gasteiger partial charge in [0.25, 0.3) is 0 Å². The Bertz CT molecular complexity index is 197. The summed E-state index contributed by atoms with van der Waals surface area (Å²) >= 11 is 0. The molecule has 4 nitrogen and oxygen atoms in total. The molecule has 4 heteroatoms. The van der Waals surface area contributed by atoms with Crippen molar-refractivity contribution in [1.82, 2.24) is 4.98 Å². The predicted octanol–water partition coefficient (Wildman–Crippen LogP) is 3.53. The van der Waals surface area contributed by atoms with Gasteiger partial charge >= 0.3 is 0 Å². The summed E-state index contributed by atoms with van der Waals surface area (Å²) in [5.41, 5.74) is 0. The summed E-state index contributed by atoms with van der Waals surface area (Å²) in [5.74, 6) is 0. The Balaban J connectivity index is 0. The van der Waals surface area contributed by atoms with Crippen LogP contribution in [0.4, 0.5) is 0 Å². The fourth-order valence-corrected chi connectivity index (χ4v) is 1.03. The van der Waals surface area contributed by atoms with Crippen LogP contribution < -0.4 is 0 Å². The summed E-state index contributed by atoms with van der Waals surface area (Å²) in [4.78, 5) is 3.78. The smallest absolute Gasteiger partial charge is 0.154 e. The van der Waals surface area contributed by atoms with Crippen molar-refractivity contribution in [1.29, 1.82) is 0 Å². The van der Waals surface area contributed by atoms with Gasteiger partial charge in [0.1, 0.15) is 0 Å². The number of hydrogen-bond acceptors (Lipinski definition) is 4. The zero-order valence-corrected chi connectivity index (χ0v) is 13.0. The van der Waals surface area contributed by atoms with Crippen molar-refractivity contribution in [3.8, 4) is 0 Å². The standard InChI is InChI=1S/C6H14O2.C5H5N.C4H10O/c1-4-7-6(3)8-5-2;1-2-4-6-5-3-1;1-3-5-4-2/h6H,4-5H2,1-3H3;1-5H;3-4H2,1-2H3. The van der Waals surface area contributed by atoms with E-state index in [0.29, 0.717) is 0 Å². The first-order valence-electron chi connectivity index (χ1n) is 6.88. The second-order valence-electron chi connectivity index (χ2n) is 3.28. The van der Waals surface area contributed by atoms with E-state index >= 15 is 0 Å². The molecule has 1 aromatic heterocycles. The fourth-order valence-electron chi connectivity index (χ4n) is 1.03. The van der Waals surface area contributed by atoms with E-state index in [1.807, 2.05) is 52.8 Å². The minimum Gasteiger partial charge on any atom is -0.382 e. The molecule has 1 aromatic rings. The zero-order valence-electron chi connectivity index (χ0n) is 13.0. The van der Waals surface area contributed by atoms with Gasteiger partial charge in [0.05, 0.1) is 0 Å². The van der Waals surface area contributed by atoms with Crippen LogP contribution in [0.2, 0.25) is 0 Å². The molecule has 1 heterocycles. The van der Waals surface area contributed by atoms with Crippen LogP contribution in [-0.2, 0) is 14.2 Å². The molecule has 0 unspecified atom stereocenters. The Morgan fingerprint density at radius 2 is 1.26 bits per heavy atom. The molecule has 19 heavy (non-hydrogen) atoms. The van der Waals surface area contributed by atoms with Gasteiger partial charge in [-0.15, -0.1) is 0 Å². The van der Waals surface area contributed by atoms with Gasteiger partial charge in [0.2, 0.25) is 0 Å². The first-order chi connectivity index (χ1) is 9.22. The van der Waals surface area contributed by atoms with Crippen molar-refractivity contribution >= 4 is 0 Å². The second kappa shape index (κ2) is 19.4. The van der Waals surface area contributed by atoms with E-state index in [1.165, 1.54) is 0 Å². The van der Waals surface area contributed by atoms with Crippen molar-refractivity contribution in [3.05, 3.63) is 30.6 Å². The van der Waals surface area contributed by atoms with Gasteiger partial charge in [-0.25, -0.2) is 0 Å². The van der Waals surface area contributed by atoms with Crippen molar-refractivity contribution in [2.45, 2.75) is 40.9 Å². The second-order valence-corrected chi connectivity index (χ2v) is 3.28. The molecule has 0 saturated carbocycles. The summed E-state index contributed by atoms with van der Waals surface area (Å²) < 4.78 is 15.0. The molecule has 0 aliphatic heterocycles. The number of pyridine rings is 1. The molecule has 1 rings (SSSR count). The van der Waals surface area contributed by atoms with Gasteiger partial charge in [0.15, 0.2) is 6.29 Å². The van der Waals surface area contributed by atoms with Gasteiger partial charge in [0, 0.05) is 38.8 Å². The Morgan fingerprint density at radius 3 is 1.42 bits per heavy atom. The number of ether oxygens (including phenoxy) is 3. The molecular formula is C15H29NO3. The van der Waals surface area contributed by atoms with Gasteiger partial charge < -0.3 is 14.2 Å². The quantitative estimate of drug-likeness (QED) is 0.742. The van der Waals surface area contributed by atoms with E-state index in [0.717, 1.165) is 26.4 Å². The molecule has 0 N–H and O–H groups in total. The summed E-state index contributed by atoms with van der Waals surface area (Å²) in [6.45, 7) is 12.9. The number of rotatable bonds is 6. The van der Waals surface area contributed by atoms with Gasteiger partial charge in [-0.2, -0.15) is 0 Å². The van der Waals surface area contributed by atoms with Crippen molar-refractivity contribution in [2.24, 2.45) is 0 Å². The monoisotopic (exact) mass is 271 g/mol. The maximum absolute atomic E-state index is 5.06. The van der Waals surface area contributed by atoms with Crippen LogP contribution in [0, 0.1) is 0 Å². The average molecular weight is 271 g/mol. The van der Waals surface area contributed by atoms with Crippen LogP contribution in [0.15, 0.2) is 30.6 Å². The third-order valence-electron chi connectivity index (χ3n) is 1.78. The van der Waals surface area contributed by atoms with Crippen LogP contribution in [-0.4, -0.2) is 37.7 Å². The SMILES string of the molecule is CCOC(C)OCC.CCOCC.c1ccncc1. The number of nitrogens with zero attached hydrogens (tertiary/aromatic N) is 1. The molecule has 112 valence electrons. The lowest BCUT2D eigenvalue weighted by Gasteiger charge is -2.09. The van der Waals surface area contributed by atoms with Crippen LogP contribution in [0.3, 0.4) is 0 Å². The first-order valence-corrected chi connectivity index (χ1v) is 6.88. The molecule has 0 fully saturated rings. The predicted molar refractivity (Wildman–Crippen MR) is 79.1 cm³/mol. The minimum absolute atomic E-state index is 0.0370. The maximum atomic E-state index is 5.06. The van der Waals surface area contributed by atoms with Crippen LogP contribution in [0.5, 0.6) is 0 Å². The highest BCUT2D eigenvalue weighted by Crippen LogP contribution is 1.90. The molecular weight excluding hydrogens is 242 g/mol. The highest BCUT2D eigenvalue weighted by molar-refractivity contribution is 4.88. The van der Waals surface area contributed by atoms with Crippen molar-refractivity contribution < 1.29 is 14.2 Å². The van der Waals surface area contributed by atoms with Crippen molar-refractivity contribution in [2.75, 3.05) is 26.4 Å². The molecule has 0 bridgehead atoms. The van der Waals surface area contributed by atoms with Gasteiger partial charge in [-0.05, 0) is 46.8 Å². The van der Waals surface area contributed by atoms with E-state index < -0.39 is 0 Å². The molecule has 0 radical (unpaired) electrons. The number of hydrogen-bond donors (Lipinski definition) is 0. The third kappa shape index (κ3) is 22.7. The van der Waals surface area contributed by atoms with Crippen LogP contribution in [0.25, 0.3) is 0 Å². The van der Waals surface area contributed by atoms with E-state index in [2.05, 4.69) is 4.98 Å². The molecule has 0 atom stereocenters. The zero-order chi connectivity index (χ0) is 14.8. The third-order valence-corrected chi connectivity index (χ3v) is 1.78. The lowest BCUT2D eigenvalue weighted by Crippen LogP contribution is -2.11. The van der Waals surface area contributed by atoms with Crippen LogP contribution in [0.1, 0.15) is 34.6 Å². The average Bonchev–Trinajstić information content (AvgIpc) is 2.44. The Morgan fingerprint density at radius 1 is 0.789 bits per heavy atom. The normalized spacial score (nSPS) is 9.16. The van der Waals surface area contributed by atoms with Gasteiger partial charge in [-0.1, -0.05) is 6.07 Å². The maximum Gasteiger partial charge on any atom is 0.154 e. The summed E-state index contributed by atoms with van der Waals surface area (Å²) in [6, 6.07) is 5.72. The highest BCUT2D eigenvalue weighted by atomic mass is 16.7. The molecule has 0 amide bonds. The summed E-state index contributed by atoms with van der Waals surface area (Å²) in [6.07, 6.45) is 3.46.